The second-order valence-electron chi connectivity index (χ2n) is 6.78. The van der Waals surface area contributed by atoms with Crippen molar-refractivity contribution in [2.75, 3.05) is 0 Å². The maximum atomic E-state index is 14.0. The minimum atomic E-state index is -0.980. The molecular weight excluding hydrogens is 235 g/mol. The van der Waals surface area contributed by atoms with E-state index in [1.54, 1.807) is 6.92 Å². The lowest BCUT2D eigenvalue weighted by Gasteiger charge is -2.46. The summed E-state index contributed by atoms with van der Waals surface area (Å²) in [6, 6.07) is 0. The molecule has 108 valence electrons. The van der Waals surface area contributed by atoms with E-state index in [1.807, 2.05) is 0 Å². The Morgan fingerprint density at radius 1 is 1.32 bits per heavy atom. The van der Waals surface area contributed by atoms with Crippen LogP contribution in [0.4, 0.5) is 4.39 Å². The Balaban J connectivity index is 2.79. The summed E-state index contributed by atoms with van der Waals surface area (Å²) in [6.45, 7) is 16.1. The Labute approximate surface area is 118 Å². The lowest BCUT2D eigenvalue weighted by molar-refractivity contribution is 0.0336. The number of allylic oxidation sites excluding steroid dienone is 2. The van der Waals surface area contributed by atoms with E-state index < -0.39 is 5.67 Å². The molecular formula is C18H29F. The molecule has 0 amide bonds. The van der Waals surface area contributed by atoms with Crippen LogP contribution in [0.25, 0.3) is 0 Å². The zero-order valence-corrected chi connectivity index (χ0v) is 13.1. The maximum absolute atomic E-state index is 14.0. The van der Waals surface area contributed by atoms with Crippen LogP contribution in [0.15, 0.2) is 30.5 Å². The van der Waals surface area contributed by atoms with Gasteiger partial charge in [-0.25, -0.2) is 4.39 Å². The quantitative estimate of drug-likeness (QED) is 0.431. The average Bonchev–Trinajstić information content (AvgIpc) is 2.38. The number of hydrogen-bond acceptors (Lipinski definition) is 0. The molecule has 1 heteroatoms. The van der Waals surface area contributed by atoms with Gasteiger partial charge in [-0.05, 0) is 68.8 Å². The van der Waals surface area contributed by atoms with Crippen molar-refractivity contribution in [2.45, 2.75) is 65.5 Å². The Kier molecular flexibility index (Phi) is 5.21. The highest BCUT2D eigenvalue weighted by Gasteiger charge is 2.43. The van der Waals surface area contributed by atoms with Gasteiger partial charge in [-0.15, -0.1) is 12.3 Å². The van der Waals surface area contributed by atoms with Gasteiger partial charge >= 0.3 is 0 Å². The van der Waals surface area contributed by atoms with Crippen molar-refractivity contribution in [3.63, 3.8) is 0 Å². The van der Waals surface area contributed by atoms with Crippen LogP contribution < -0.4 is 0 Å². The topological polar surface area (TPSA) is 0 Å². The maximum Gasteiger partial charge on any atom is 0.108 e. The molecule has 0 aliphatic heterocycles. The summed E-state index contributed by atoms with van der Waals surface area (Å²) in [4.78, 5) is 0. The fourth-order valence-corrected chi connectivity index (χ4v) is 3.38. The largest absolute Gasteiger partial charge is 0.244 e. The molecule has 19 heavy (non-hydrogen) atoms. The van der Waals surface area contributed by atoms with E-state index in [9.17, 15) is 4.39 Å². The Bertz CT molecular complexity index is 361. The van der Waals surface area contributed by atoms with Gasteiger partial charge in [0.15, 0.2) is 0 Å². The first-order chi connectivity index (χ1) is 8.76. The molecule has 0 saturated heterocycles. The minimum absolute atomic E-state index is 0.104. The van der Waals surface area contributed by atoms with Gasteiger partial charge in [-0.2, -0.15) is 0 Å². The summed E-state index contributed by atoms with van der Waals surface area (Å²) in [5.74, 6) is 1.07. The lowest BCUT2D eigenvalue weighted by atomic mass is 9.60. The van der Waals surface area contributed by atoms with Crippen molar-refractivity contribution < 1.29 is 4.39 Å². The molecule has 2 atom stereocenters. The second-order valence-corrected chi connectivity index (χ2v) is 6.78. The monoisotopic (exact) mass is 264 g/mol. The SMILES string of the molecule is C=C=C(C)CC(C)C(C)C1(C=C)CCC(C)(F)CC1. The van der Waals surface area contributed by atoms with E-state index in [1.165, 1.54) is 5.57 Å². The van der Waals surface area contributed by atoms with Crippen molar-refractivity contribution in [3.8, 4) is 0 Å². The van der Waals surface area contributed by atoms with Gasteiger partial charge in [0.05, 0.1) is 0 Å². The molecule has 0 aromatic carbocycles. The zero-order chi connectivity index (χ0) is 14.7. The molecule has 0 N–H and O–H groups in total. The van der Waals surface area contributed by atoms with Crippen molar-refractivity contribution >= 4 is 0 Å². The highest BCUT2D eigenvalue weighted by Crippen LogP contribution is 2.50. The van der Waals surface area contributed by atoms with Gasteiger partial charge < -0.3 is 0 Å². The Morgan fingerprint density at radius 3 is 2.26 bits per heavy atom. The van der Waals surface area contributed by atoms with Crippen LogP contribution >= 0.6 is 0 Å². The fraction of sp³-hybridized carbons (Fsp3) is 0.722. The zero-order valence-electron chi connectivity index (χ0n) is 13.1. The van der Waals surface area contributed by atoms with Crippen LogP contribution in [0.3, 0.4) is 0 Å². The lowest BCUT2D eigenvalue weighted by Crippen LogP contribution is -2.39. The summed E-state index contributed by atoms with van der Waals surface area (Å²) < 4.78 is 14.0. The van der Waals surface area contributed by atoms with Crippen LogP contribution in [0, 0.1) is 17.3 Å². The van der Waals surface area contributed by atoms with E-state index >= 15 is 0 Å². The average molecular weight is 264 g/mol. The van der Waals surface area contributed by atoms with Gasteiger partial charge in [-0.1, -0.05) is 26.5 Å². The second kappa shape index (κ2) is 6.09. The summed E-state index contributed by atoms with van der Waals surface area (Å²) in [5.41, 5.74) is 3.31. The third kappa shape index (κ3) is 3.83. The predicted molar refractivity (Wildman–Crippen MR) is 81.9 cm³/mol. The minimum Gasteiger partial charge on any atom is -0.244 e. The van der Waals surface area contributed by atoms with Crippen molar-refractivity contribution in [1.29, 1.82) is 0 Å². The van der Waals surface area contributed by atoms with Gasteiger partial charge in [0.1, 0.15) is 5.67 Å². The Hall–Kier alpha value is -0.810. The van der Waals surface area contributed by atoms with E-state index in [0.29, 0.717) is 24.7 Å². The molecule has 1 saturated carbocycles. The van der Waals surface area contributed by atoms with Crippen LogP contribution in [0.2, 0.25) is 0 Å². The third-order valence-electron chi connectivity index (χ3n) is 5.32. The number of rotatable bonds is 5. The summed E-state index contributed by atoms with van der Waals surface area (Å²) in [6.07, 6.45) is 6.28. The van der Waals surface area contributed by atoms with Crippen LogP contribution in [0.1, 0.15) is 59.8 Å². The first-order valence-electron chi connectivity index (χ1n) is 7.44. The Morgan fingerprint density at radius 2 is 1.84 bits per heavy atom. The number of halogens is 1. The van der Waals surface area contributed by atoms with Crippen LogP contribution in [0.5, 0.6) is 0 Å². The molecule has 1 aliphatic rings. The molecule has 0 spiro atoms. The summed E-state index contributed by atoms with van der Waals surface area (Å²) >= 11 is 0. The first kappa shape index (κ1) is 16.2. The first-order valence-corrected chi connectivity index (χ1v) is 7.44. The van der Waals surface area contributed by atoms with Crippen LogP contribution in [-0.2, 0) is 0 Å². The molecule has 2 unspecified atom stereocenters. The smallest absolute Gasteiger partial charge is 0.108 e. The third-order valence-corrected chi connectivity index (χ3v) is 5.32. The molecule has 1 aliphatic carbocycles. The molecule has 0 radical (unpaired) electrons. The number of hydrogen-bond donors (Lipinski definition) is 0. The molecule has 0 aromatic heterocycles. The standard InChI is InChI=1S/C18H29F/c1-7-14(3)13-15(4)16(5)18(8-2)11-9-17(6,19)10-12-18/h8,15-16H,1-2,9-13H2,3-6H3. The van der Waals surface area contributed by atoms with Crippen molar-refractivity contribution in [1.82, 2.24) is 0 Å². The molecule has 1 fully saturated rings. The van der Waals surface area contributed by atoms with E-state index in [0.717, 1.165) is 19.3 Å². The molecule has 0 nitrogen and oxygen atoms in total. The molecule has 0 aromatic rings. The predicted octanol–water partition coefficient (Wildman–Crippen LogP) is 5.85. The van der Waals surface area contributed by atoms with Gasteiger partial charge in [0, 0.05) is 0 Å². The highest BCUT2D eigenvalue weighted by molar-refractivity contribution is 5.06. The molecule has 0 heterocycles. The normalized spacial score (nSPS) is 34.2. The van der Waals surface area contributed by atoms with Gasteiger partial charge in [-0.3, -0.25) is 0 Å². The van der Waals surface area contributed by atoms with Gasteiger partial charge in [0.2, 0.25) is 0 Å². The van der Waals surface area contributed by atoms with E-state index in [2.05, 4.69) is 45.7 Å². The van der Waals surface area contributed by atoms with E-state index in [-0.39, 0.29) is 5.41 Å². The molecule has 1 rings (SSSR count). The van der Waals surface area contributed by atoms with Crippen molar-refractivity contribution in [3.05, 3.63) is 30.5 Å². The number of alkyl halides is 1. The van der Waals surface area contributed by atoms with Crippen molar-refractivity contribution in [2.24, 2.45) is 17.3 Å². The van der Waals surface area contributed by atoms with E-state index in [4.69, 9.17) is 0 Å². The highest BCUT2D eigenvalue weighted by atomic mass is 19.1. The molecule has 0 bridgehead atoms. The summed E-state index contributed by atoms with van der Waals surface area (Å²) in [7, 11) is 0. The fourth-order valence-electron chi connectivity index (χ4n) is 3.38. The van der Waals surface area contributed by atoms with Crippen LogP contribution in [-0.4, -0.2) is 5.67 Å². The summed E-state index contributed by atoms with van der Waals surface area (Å²) in [5, 5.41) is 0. The van der Waals surface area contributed by atoms with Gasteiger partial charge in [0.25, 0.3) is 0 Å².